The molecule has 0 aromatic heterocycles. The number of para-hydroxylation sites is 1. The van der Waals surface area contributed by atoms with Crippen LogP contribution in [0.5, 0.6) is 0 Å². The number of benzene rings is 1. The monoisotopic (exact) mass is 284 g/mol. The van der Waals surface area contributed by atoms with Crippen molar-refractivity contribution in [2.75, 3.05) is 19.0 Å². The molecular formula is C13H20N2O3S. The van der Waals surface area contributed by atoms with Crippen molar-refractivity contribution in [3.05, 3.63) is 29.8 Å². The molecule has 0 unspecified atom stereocenters. The lowest BCUT2D eigenvalue weighted by Gasteiger charge is -2.28. The number of hydrogen-bond donors (Lipinski definition) is 1. The molecule has 0 fully saturated rings. The Hall–Kier alpha value is -1.56. The lowest BCUT2D eigenvalue weighted by Crippen LogP contribution is -2.48. The van der Waals surface area contributed by atoms with Crippen molar-refractivity contribution in [1.29, 1.82) is 0 Å². The number of hydrogen-bond acceptors (Lipinski definition) is 4. The Morgan fingerprint density at radius 1 is 1.32 bits per heavy atom. The van der Waals surface area contributed by atoms with Gasteiger partial charge in [0.15, 0.2) is 9.84 Å². The third-order valence-corrected chi connectivity index (χ3v) is 5.28. The topological polar surface area (TPSA) is 80.5 Å². The van der Waals surface area contributed by atoms with Gasteiger partial charge in [0.05, 0.1) is 0 Å². The summed E-state index contributed by atoms with van der Waals surface area (Å²) < 4.78 is 21.9. The van der Waals surface area contributed by atoms with Gasteiger partial charge in [-0.15, -0.1) is 0 Å². The first kappa shape index (κ1) is 15.5. The molecule has 0 aliphatic heterocycles. The largest absolute Gasteiger partial charge is 0.398 e. The zero-order chi connectivity index (χ0) is 14.8. The van der Waals surface area contributed by atoms with E-state index in [4.69, 9.17) is 5.73 Å². The Morgan fingerprint density at radius 3 is 2.32 bits per heavy atom. The van der Waals surface area contributed by atoms with Gasteiger partial charge in [-0.25, -0.2) is 8.42 Å². The third-order valence-electron chi connectivity index (χ3n) is 3.25. The summed E-state index contributed by atoms with van der Waals surface area (Å²) in [5, 5.41) is 0. The van der Waals surface area contributed by atoms with Crippen LogP contribution in [-0.2, 0) is 21.2 Å². The first-order valence-electron chi connectivity index (χ1n) is 5.86. The second-order valence-electron chi connectivity index (χ2n) is 5.14. The van der Waals surface area contributed by atoms with Gasteiger partial charge in [-0.2, -0.15) is 0 Å². The predicted octanol–water partition coefficient (Wildman–Crippen LogP) is 1.05. The summed E-state index contributed by atoms with van der Waals surface area (Å²) in [5.74, 6) is -0.446. The van der Waals surface area contributed by atoms with Gasteiger partial charge in [0.25, 0.3) is 0 Å². The van der Waals surface area contributed by atoms with E-state index in [-0.39, 0.29) is 6.54 Å². The average molecular weight is 284 g/mol. The number of carbonyl (C=O) groups excluding carboxylic acids is 1. The number of nitrogen functional groups attached to an aromatic ring is 1. The van der Waals surface area contributed by atoms with E-state index in [1.54, 1.807) is 19.2 Å². The highest BCUT2D eigenvalue weighted by molar-refractivity contribution is 7.92. The molecule has 0 atom stereocenters. The number of rotatable bonds is 4. The van der Waals surface area contributed by atoms with E-state index in [0.29, 0.717) is 5.69 Å². The highest BCUT2D eigenvalue weighted by Gasteiger charge is 2.40. The highest BCUT2D eigenvalue weighted by atomic mass is 32.2. The van der Waals surface area contributed by atoms with Crippen LogP contribution in [0.25, 0.3) is 0 Å². The van der Waals surface area contributed by atoms with Gasteiger partial charge >= 0.3 is 0 Å². The van der Waals surface area contributed by atoms with E-state index in [1.165, 1.54) is 18.7 Å². The van der Waals surface area contributed by atoms with E-state index in [2.05, 4.69) is 0 Å². The molecule has 0 heterocycles. The molecule has 106 valence electrons. The van der Waals surface area contributed by atoms with Gasteiger partial charge in [-0.3, -0.25) is 4.79 Å². The first-order chi connectivity index (χ1) is 8.57. The Kier molecular flexibility index (Phi) is 4.25. The lowest BCUT2D eigenvalue weighted by atomic mass is 10.1. The van der Waals surface area contributed by atoms with Crippen LogP contribution in [-0.4, -0.2) is 37.3 Å². The zero-order valence-electron chi connectivity index (χ0n) is 11.7. The van der Waals surface area contributed by atoms with E-state index < -0.39 is 20.5 Å². The number of carbonyl (C=O) groups is 1. The van der Waals surface area contributed by atoms with Crippen molar-refractivity contribution < 1.29 is 13.2 Å². The van der Waals surface area contributed by atoms with E-state index in [9.17, 15) is 13.2 Å². The molecule has 0 bridgehead atoms. The van der Waals surface area contributed by atoms with Crippen molar-refractivity contribution in [3.63, 3.8) is 0 Å². The average Bonchev–Trinajstić information content (AvgIpc) is 2.29. The lowest BCUT2D eigenvalue weighted by molar-refractivity contribution is -0.132. The number of amides is 1. The SMILES string of the molecule is CN(Cc1ccccc1N)C(=O)C(C)(C)S(C)(=O)=O. The summed E-state index contributed by atoms with van der Waals surface area (Å²) in [6, 6.07) is 7.19. The smallest absolute Gasteiger partial charge is 0.243 e. The minimum atomic E-state index is -3.47. The molecule has 1 aromatic carbocycles. The van der Waals surface area contributed by atoms with Crippen LogP contribution in [0, 0.1) is 0 Å². The normalized spacial score (nSPS) is 12.2. The van der Waals surface area contributed by atoms with Crippen LogP contribution in [0.3, 0.4) is 0 Å². The Morgan fingerprint density at radius 2 is 1.84 bits per heavy atom. The highest BCUT2D eigenvalue weighted by Crippen LogP contribution is 2.20. The van der Waals surface area contributed by atoms with Crippen LogP contribution < -0.4 is 5.73 Å². The van der Waals surface area contributed by atoms with Crippen molar-refractivity contribution in [2.24, 2.45) is 0 Å². The van der Waals surface area contributed by atoms with Gasteiger partial charge in [0.1, 0.15) is 4.75 Å². The molecule has 0 aliphatic carbocycles. The maximum Gasteiger partial charge on any atom is 0.243 e. The van der Waals surface area contributed by atoms with Crippen molar-refractivity contribution in [2.45, 2.75) is 25.1 Å². The van der Waals surface area contributed by atoms with Crippen molar-refractivity contribution >= 4 is 21.4 Å². The number of anilines is 1. The summed E-state index contributed by atoms with van der Waals surface area (Å²) in [7, 11) is -1.90. The van der Waals surface area contributed by atoms with Gasteiger partial charge in [0.2, 0.25) is 5.91 Å². The van der Waals surface area contributed by atoms with E-state index >= 15 is 0 Å². The standard InChI is InChI=1S/C13H20N2O3S/c1-13(2,19(4,17)18)12(16)15(3)9-10-7-5-6-8-11(10)14/h5-8H,9,14H2,1-4H3. The number of sulfone groups is 1. The molecule has 0 saturated carbocycles. The molecule has 19 heavy (non-hydrogen) atoms. The Labute approximate surface area is 114 Å². The molecule has 0 aliphatic rings. The van der Waals surface area contributed by atoms with Crippen LogP contribution >= 0.6 is 0 Å². The van der Waals surface area contributed by atoms with Crippen molar-refractivity contribution in [3.8, 4) is 0 Å². The summed E-state index contributed by atoms with van der Waals surface area (Å²) in [6.07, 6.45) is 1.07. The minimum absolute atomic E-state index is 0.282. The minimum Gasteiger partial charge on any atom is -0.398 e. The summed E-state index contributed by atoms with van der Waals surface area (Å²) in [5.41, 5.74) is 7.18. The molecule has 2 N–H and O–H groups in total. The molecule has 1 aromatic rings. The van der Waals surface area contributed by atoms with Gasteiger partial charge in [-0.1, -0.05) is 18.2 Å². The maximum atomic E-state index is 12.2. The first-order valence-corrected chi connectivity index (χ1v) is 7.75. The second kappa shape index (κ2) is 5.21. The summed E-state index contributed by atoms with van der Waals surface area (Å²) in [4.78, 5) is 13.6. The fraction of sp³-hybridized carbons (Fsp3) is 0.462. The summed E-state index contributed by atoms with van der Waals surface area (Å²) in [6.45, 7) is 3.11. The molecule has 6 heteroatoms. The van der Waals surface area contributed by atoms with Gasteiger partial charge in [0, 0.05) is 25.5 Å². The molecule has 5 nitrogen and oxygen atoms in total. The zero-order valence-corrected chi connectivity index (χ0v) is 12.5. The van der Waals surface area contributed by atoms with Crippen LogP contribution in [0.1, 0.15) is 19.4 Å². The fourth-order valence-corrected chi connectivity index (χ4v) is 2.10. The maximum absolute atomic E-state index is 12.2. The molecule has 1 amide bonds. The molecule has 1 rings (SSSR count). The Balaban J connectivity index is 2.94. The predicted molar refractivity (Wildman–Crippen MR) is 76.3 cm³/mol. The van der Waals surface area contributed by atoms with Gasteiger partial charge in [-0.05, 0) is 25.5 Å². The molecule has 0 radical (unpaired) electrons. The third kappa shape index (κ3) is 3.26. The summed E-state index contributed by atoms with van der Waals surface area (Å²) >= 11 is 0. The molecule has 0 spiro atoms. The number of nitrogens with two attached hydrogens (primary N) is 1. The van der Waals surface area contributed by atoms with Crippen LogP contribution in [0.4, 0.5) is 5.69 Å². The van der Waals surface area contributed by atoms with Gasteiger partial charge < -0.3 is 10.6 Å². The second-order valence-corrected chi connectivity index (χ2v) is 7.71. The fourth-order valence-electron chi connectivity index (χ4n) is 1.62. The van der Waals surface area contributed by atoms with E-state index in [1.807, 2.05) is 12.1 Å². The quantitative estimate of drug-likeness (QED) is 0.838. The van der Waals surface area contributed by atoms with Crippen LogP contribution in [0.2, 0.25) is 0 Å². The number of nitrogens with zero attached hydrogens (tertiary/aromatic N) is 1. The Bertz CT molecular complexity index is 579. The van der Waals surface area contributed by atoms with Crippen LogP contribution in [0.15, 0.2) is 24.3 Å². The van der Waals surface area contributed by atoms with Crippen molar-refractivity contribution in [1.82, 2.24) is 4.90 Å². The van der Waals surface area contributed by atoms with E-state index in [0.717, 1.165) is 11.8 Å². The molecular weight excluding hydrogens is 264 g/mol. The molecule has 0 saturated heterocycles.